The van der Waals surface area contributed by atoms with Crippen LogP contribution in [0.1, 0.15) is 61.8 Å². The van der Waals surface area contributed by atoms with Gasteiger partial charge in [0.2, 0.25) is 0 Å². The molecule has 4 aromatic rings. The average Bonchev–Trinajstić information content (AvgIpc) is 3.53. The number of hydrogen-bond donors (Lipinski definition) is 2. The minimum Gasteiger partial charge on any atom is -0.449 e. The number of carbonyl (C=O) groups excluding carboxylic acids is 2. The number of benzene rings is 4. The number of amides is 2. The van der Waals surface area contributed by atoms with E-state index in [1.807, 2.05) is 97.1 Å². The second-order valence-electron chi connectivity index (χ2n) is 14.1. The minimum atomic E-state index is -4.73. The Morgan fingerprint density at radius 1 is 0.529 bits per heavy atom. The SMILES string of the molecule is CC(C)(CS(=O)(=O)OS(=O)(=O)CC(C)(C)NC(=O)OCC1c2ccccc2-c2ccccc21)NC(=O)OCC1c2ccccc2-c2ccccc21. The Kier molecular flexibility index (Phi) is 9.75. The highest BCUT2D eigenvalue weighted by atomic mass is 32.3. The van der Waals surface area contributed by atoms with Crippen molar-refractivity contribution < 1.29 is 39.5 Å². The summed E-state index contributed by atoms with van der Waals surface area (Å²) in [7, 11) is -9.47. The van der Waals surface area contributed by atoms with Gasteiger partial charge in [0.25, 0.3) is 20.2 Å². The van der Waals surface area contributed by atoms with Gasteiger partial charge in [0, 0.05) is 11.8 Å². The van der Waals surface area contributed by atoms with Gasteiger partial charge in [-0.1, -0.05) is 97.1 Å². The van der Waals surface area contributed by atoms with Gasteiger partial charge in [-0.05, 0) is 72.2 Å². The largest absolute Gasteiger partial charge is 0.449 e. The molecule has 0 aliphatic heterocycles. The molecule has 0 fully saturated rings. The van der Waals surface area contributed by atoms with Crippen molar-refractivity contribution in [3.05, 3.63) is 119 Å². The summed E-state index contributed by atoms with van der Waals surface area (Å²) in [5, 5.41) is 5.01. The average molecular weight is 733 g/mol. The van der Waals surface area contributed by atoms with E-state index in [-0.39, 0.29) is 25.0 Å². The molecule has 4 aromatic carbocycles. The molecule has 2 amide bonds. The van der Waals surface area contributed by atoms with Gasteiger partial charge >= 0.3 is 12.2 Å². The summed E-state index contributed by atoms with van der Waals surface area (Å²) in [4.78, 5) is 25.6. The van der Waals surface area contributed by atoms with Crippen LogP contribution < -0.4 is 10.6 Å². The first-order valence-corrected chi connectivity index (χ1v) is 19.6. The molecule has 0 radical (unpaired) electrons. The number of fused-ring (bicyclic) bond motifs is 6. The van der Waals surface area contributed by atoms with Crippen LogP contribution in [-0.2, 0) is 33.3 Å². The maximum absolute atomic E-state index is 12.9. The highest BCUT2D eigenvalue weighted by Gasteiger charge is 2.37. The Morgan fingerprint density at radius 2 is 0.804 bits per heavy atom. The Labute approximate surface area is 298 Å². The molecule has 2 N–H and O–H groups in total. The zero-order chi connectivity index (χ0) is 36.6. The molecule has 0 bridgehead atoms. The lowest BCUT2D eigenvalue weighted by Gasteiger charge is -2.27. The first-order chi connectivity index (χ1) is 24.0. The van der Waals surface area contributed by atoms with E-state index in [4.69, 9.17) is 9.47 Å². The molecule has 51 heavy (non-hydrogen) atoms. The lowest BCUT2D eigenvalue weighted by molar-refractivity contribution is 0.134. The molecule has 13 heteroatoms. The molecule has 2 aliphatic rings. The van der Waals surface area contributed by atoms with E-state index in [9.17, 15) is 26.4 Å². The quantitative estimate of drug-likeness (QED) is 0.171. The molecule has 0 unspecified atom stereocenters. The Balaban J connectivity index is 0.999. The number of hydrogen-bond acceptors (Lipinski definition) is 9. The Morgan fingerprint density at radius 3 is 1.10 bits per heavy atom. The fourth-order valence-electron chi connectivity index (χ4n) is 6.98. The molecule has 0 spiro atoms. The van der Waals surface area contributed by atoms with E-state index in [1.54, 1.807) is 0 Å². The lowest BCUT2D eigenvalue weighted by Crippen LogP contribution is -2.51. The van der Waals surface area contributed by atoms with Gasteiger partial charge in [0.05, 0.1) is 22.6 Å². The molecular formula is C38H40N2O9S2. The van der Waals surface area contributed by atoms with Gasteiger partial charge in [-0.3, -0.25) is 0 Å². The Hall–Kier alpha value is -4.72. The number of alkyl carbamates (subject to hydrolysis) is 2. The molecule has 0 saturated heterocycles. The van der Waals surface area contributed by atoms with Crippen LogP contribution in [0.25, 0.3) is 22.3 Å². The third kappa shape index (κ3) is 8.27. The van der Waals surface area contributed by atoms with Gasteiger partial charge in [0.1, 0.15) is 13.2 Å². The van der Waals surface area contributed by atoms with Crippen LogP contribution in [0.3, 0.4) is 0 Å². The summed E-state index contributed by atoms with van der Waals surface area (Å²) in [5.41, 5.74) is 5.37. The highest BCUT2D eigenvalue weighted by Crippen LogP contribution is 2.45. The topological polar surface area (TPSA) is 154 Å². The molecule has 0 aromatic heterocycles. The van der Waals surface area contributed by atoms with Gasteiger partial charge in [-0.15, -0.1) is 3.63 Å². The van der Waals surface area contributed by atoms with Gasteiger partial charge in [-0.2, -0.15) is 16.8 Å². The van der Waals surface area contributed by atoms with Crippen molar-refractivity contribution in [2.45, 2.75) is 50.6 Å². The third-order valence-electron chi connectivity index (χ3n) is 8.85. The smallest absolute Gasteiger partial charge is 0.407 e. The number of rotatable bonds is 12. The molecule has 11 nitrogen and oxygen atoms in total. The maximum Gasteiger partial charge on any atom is 0.407 e. The van der Waals surface area contributed by atoms with Gasteiger partial charge < -0.3 is 20.1 Å². The number of ether oxygens (including phenoxy) is 2. The minimum absolute atomic E-state index is 0.0132. The summed E-state index contributed by atoms with van der Waals surface area (Å²) in [5.74, 6) is -2.14. The molecule has 6 rings (SSSR count). The van der Waals surface area contributed by atoms with Gasteiger partial charge in [-0.25, -0.2) is 9.59 Å². The van der Waals surface area contributed by atoms with E-state index in [0.717, 1.165) is 44.5 Å². The summed E-state index contributed by atoms with van der Waals surface area (Å²) in [6.45, 7) is 5.66. The first kappa shape index (κ1) is 36.1. The van der Waals surface area contributed by atoms with Crippen molar-refractivity contribution in [2.24, 2.45) is 0 Å². The highest BCUT2D eigenvalue weighted by molar-refractivity contribution is 7.99. The molecule has 0 saturated carbocycles. The van der Waals surface area contributed by atoms with Crippen LogP contribution in [0.4, 0.5) is 9.59 Å². The predicted octanol–water partition coefficient (Wildman–Crippen LogP) is 6.30. The molecular weight excluding hydrogens is 693 g/mol. The molecule has 0 atom stereocenters. The van der Waals surface area contributed by atoms with E-state index >= 15 is 0 Å². The van der Waals surface area contributed by atoms with E-state index in [2.05, 4.69) is 14.3 Å². The predicted molar refractivity (Wildman–Crippen MR) is 193 cm³/mol. The zero-order valence-corrected chi connectivity index (χ0v) is 30.3. The second kappa shape index (κ2) is 13.8. The van der Waals surface area contributed by atoms with Crippen LogP contribution in [0.5, 0.6) is 0 Å². The van der Waals surface area contributed by atoms with Crippen LogP contribution in [0, 0.1) is 0 Å². The van der Waals surface area contributed by atoms with Crippen LogP contribution in [-0.4, -0.2) is 64.8 Å². The van der Waals surface area contributed by atoms with Crippen molar-refractivity contribution in [2.75, 3.05) is 24.7 Å². The standard InChI is InChI=1S/C38H40N2O9S2/c1-37(2,39-35(41)47-21-33-29-17-9-5-13-25(29)26-14-6-10-18-30(26)33)23-50(43,44)49-51(45,46)24-38(3,4)40-36(42)48-22-34-31-19-11-7-15-27(31)28-16-8-12-20-32(28)34/h5-20,33-34H,21-24H2,1-4H3,(H,39,41)(H,40,42). The first-order valence-electron chi connectivity index (χ1n) is 16.5. The van der Waals surface area contributed by atoms with Crippen molar-refractivity contribution in [3.63, 3.8) is 0 Å². The molecule has 0 heterocycles. The van der Waals surface area contributed by atoms with E-state index in [0.29, 0.717) is 0 Å². The van der Waals surface area contributed by atoms with Crippen molar-refractivity contribution in [1.82, 2.24) is 10.6 Å². The van der Waals surface area contributed by atoms with Crippen LogP contribution >= 0.6 is 0 Å². The van der Waals surface area contributed by atoms with Crippen molar-refractivity contribution >= 4 is 32.4 Å². The monoisotopic (exact) mass is 732 g/mol. The van der Waals surface area contributed by atoms with Crippen LogP contribution in [0.15, 0.2) is 97.1 Å². The van der Waals surface area contributed by atoms with E-state index in [1.165, 1.54) is 27.7 Å². The maximum atomic E-state index is 12.9. The van der Waals surface area contributed by atoms with Crippen LogP contribution in [0.2, 0.25) is 0 Å². The van der Waals surface area contributed by atoms with Crippen molar-refractivity contribution in [1.29, 1.82) is 0 Å². The number of carbonyl (C=O) groups is 2. The molecule has 268 valence electrons. The lowest BCUT2D eigenvalue weighted by atomic mass is 9.98. The fraction of sp³-hybridized carbons (Fsp3) is 0.316. The third-order valence-corrected chi connectivity index (χ3v) is 12.7. The summed E-state index contributed by atoms with van der Waals surface area (Å²) >= 11 is 0. The van der Waals surface area contributed by atoms with Gasteiger partial charge in [0.15, 0.2) is 0 Å². The van der Waals surface area contributed by atoms with E-state index < -0.39 is 55.0 Å². The fourth-order valence-corrected chi connectivity index (χ4v) is 10.5. The molecule has 2 aliphatic carbocycles. The normalized spacial score (nSPS) is 14.2. The summed E-state index contributed by atoms with van der Waals surface area (Å²) < 4.78 is 67.5. The van der Waals surface area contributed by atoms with Crippen molar-refractivity contribution in [3.8, 4) is 22.3 Å². The summed E-state index contributed by atoms with van der Waals surface area (Å²) in [6, 6.07) is 31.4. The second-order valence-corrected chi connectivity index (χ2v) is 17.5. The number of nitrogens with one attached hydrogen (secondary N) is 2. The zero-order valence-electron chi connectivity index (χ0n) is 28.7. The Bertz CT molecular complexity index is 1950. The summed E-state index contributed by atoms with van der Waals surface area (Å²) in [6.07, 6.45) is -1.73.